The molecule has 1 aliphatic heterocycles. The fraction of sp³-hybridized carbons (Fsp3) is 0.444. The van der Waals surface area contributed by atoms with E-state index in [0.29, 0.717) is 12.2 Å². The molecule has 0 saturated carbocycles. The number of amides is 2. The van der Waals surface area contributed by atoms with Gasteiger partial charge in [-0.2, -0.15) is 0 Å². The Kier molecular flexibility index (Phi) is 6.68. The van der Waals surface area contributed by atoms with Gasteiger partial charge in [-0.3, -0.25) is 9.59 Å². The van der Waals surface area contributed by atoms with Crippen LogP contribution in [0.4, 0.5) is 11.4 Å². The summed E-state index contributed by atoms with van der Waals surface area (Å²) in [4.78, 5) is 28.0. The second-order valence-corrected chi connectivity index (χ2v) is 8.60. The number of piperazine rings is 1. The zero-order valence-electron chi connectivity index (χ0n) is 15.5. The molecule has 1 aromatic carbocycles. The first-order valence-corrected chi connectivity index (χ1v) is 10.7. The normalized spacial score (nSPS) is 14.3. The Labute approximate surface area is 167 Å². The zero-order valence-corrected chi connectivity index (χ0v) is 17.1. The van der Waals surface area contributed by atoms with Crippen molar-refractivity contribution in [3.8, 4) is 0 Å². The molecule has 1 aromatic heterocycles. The lowest BCUT2D eigenvalue weighted by molar-refractivity contribution is -0.131. The molecule has 0 bridgehead atoms. The molecule has 1 N–H and O–H groups in total. The summed E-state index contributed by atoms with van der Waals surface area (Å²) >= 11 is 2.88. The molecule has 2 heterocycles. The standard InChI is InChI=1S/C18H23N5O2S2/c1-3-17(25)23-10-8-22(9-11-23)15-6-4-14(5-7-15)19-16(24)12-26-18-21-20-13(2)27-18/h4-7H,3,8-12H2,1-2H3,(H,19,24). The molecule has 0 radical (unpaired) electrons. The quantitative estimate of drug-likeness (QED) is 0.745. The number of thioether (sulfide) groups is 1. The summed E-state index contributed by atoms with van der Waals surface area (Å²) in [6.07, 6.45) is 0.561. The Morgan fingerprint density at radius 1 is 1.15 bits per heavy atom. The maximum atomic E-state index is 12.1. The van der Waals surface area contributed by atoms with Crippen molar-refractivity contribution in [3.05, 3.63) is 29.3 Å². The topological polar surface area (TPSA) is 78.4 Å². The molecule has 1 aliphatic rings. The molecule has 2 aromatic rings. The van der Waals surface area contributed by atoms with E-state index in [1.165, 1.54) is 23.1 Å². The van der Waals surface area contributed by atoms with Crippen LogP contribution in [0.2, 0.25) is 0 Å². The molecule has 0 atom stereocenters. The first-order valence-electron chi connectivity index (χ1n) is 8.90. The number of carbonyl (C=O) groups excluding carboxylic acids is 2. The van der Waals surface area contributed by atoms with Crippen molar-refractivity contribution in [2.75, 3.05) is 42.1 Å². The number of nitrogens with zero attached hydrogens (tertiary/aromatic N) is 4. The van der Waals surface area contributed by atoms with E-state index >= 15 is 0 Å². The van der Waals surface area contributed by atoms with Gasteiger partial charge in [0.1, 0.15) is 5.01 Å². The lowest BCUT2D eigenvalue weighted by Gasteiger charge is -2.36. The van der Waals surface area contributed by atoms with Gasteiger partial charge in [0, 0.05) is 44.0 Å². The lowest BCUT2D eigenvalue weighted by Crippen LogP contribution is -2.48. The minimum absolute atomic E-state index is 0.0627. The zero-order chi connectivity index (χ0) is 19.2. The summed E-state index contributed by atoms with van der Waals surface area (Å²) < 4.78 is 0.804. The molecular weight excluding hydrogens is 382 g/mol. The number of benzene rings is 1. The molecule has 0 aliphatic carbocycles. The highest BCUT2D eigenvalue weighted by Gasteiger charge is 2.20. The van der Waals surface area contributed by atoms with E-state index in [0.717, 1.165) is 46.9 Å². The summed E-state index contributed by atoms with van der Waals surface area (Å²) in [6.45, 7) is 6.96. The minimum Gasteiger partial charge on any atom is -0.368 e. The lowest BCUT2D eigenvalue weighted by atomic mass is 10.2. The van der Waals surface area contributed by atoms with Crippen molar-refractivity contribution < 1.29 is 9.59 Å². The number of anilines is 2. The van der Waals surface area contributed by atoms with Crippen LogP contribution in [0.15, 0.2) is 28.6 Å². The van der Waals surface area contributed by atoms with Crippen LogP contribution in [0.3, 0.4) is 0 Å². The van der Waals surface area contributed by atoms with E-state index in [4.69, 9.17) is 0 Å². The molecule has 7 nitrogen and oxygen atoms in total. The van der Waals surface area contributed by atoms with Crippen LogP contribution < -0.4 is 10.2 Å². The Hall–Kier alpha value is -2.13. The summed E-state index contributed by atoms with van der Waals surface area (Å²) in [5.74, 6) is 0.464. The van der Waals surface area contributed by atoms with Crippen molar-refractivity contribution in [3.63, 3.8) is 0 Å². The maximum absolute atomic E-state index is 12.1. The minimum atomic E-state index is -0.0627. The molecule has 9 heteroatoms. The Balaban J connectivity index is 1.47. The molecule has 3 rings (SSSR count). The monoisotopic (exact) mass is 405 g/mol. The number of aryl methyl sites for hydroxylation is 1. The van der Waals surface area contributed by atoms with Crippen LogP contribution in [0.25, 0.3) is 0 Å². The van der Waals surface area contributed by atoms with Crippen molar-refractivity contribution in [2.24, 2.45) is 0 Å². The molecule has 144 valence electrons. The van der Waals surface area contributed by atoms with Gasteiger partial charge in [0.15, 0.2) is 4.34 Å². The summed E-state index contributed by atoms with van der Waals surface area (Å²) in [5, 5.41) is 11.7. The van der Waals surface area contributed by atoms with E-state index in [1.54, 1.807) is 0 Å². The van der Waals surface area contributed by atoms with Gasteiger partial charge in [-0.15, -0.1) is 10.2 Å². The van der Waals surface area contributed by atoms with Gasteiger partial charge in [-0.05, 0) is 31.2 Å². The number of hydrogen-bond acceptors (Lipinski definition) is 7. The number of nitrogens with one attached hydrogen (secondary N) is 1. The highest BCUT2D eigenvalue weighted by Crippen LogP contribution is 2.23. The van der Waals surface area contributed by atoms with Gasteiger partial charge in [-0.25, -0.2) is 0 Å². The predicted octanol–water partition coefficient (Wildman–Crippen LogP) is 2.64. The second-order valence-electron chi connectivity index (χ2n) is 6.19. The highest BCUT2D eigenvalue weighted by molar-refractivity contribution is 8.01. The third kappa shape index (κ3) is 5.43. The van der Waals surface area contributed by atoms with Crippen LogP contribution in [-0.2, 0) is 9.59 Å². The smallest absolute Gasteiger partial charge is 0.234 e. The van der Waals surface area contributed by atoms with Crippen LogP contribution in [-0.4, -0.2) is 58.8 Å². The first kappa shape index (κ1) is 19.6. The van der Waals surface area contributed by atoms with Crippen LogP contribution in [0.1, 0.15) is 18.4 Å². The van der Waals surface area contributed by atoms with E-state index in [9.17, 15) is 9.59 Å². The van der Waals surface area contributed by atoms with E-state index < -0.39 is 0 Å². The van der Waals surface area contributed by atoms with Gasteiger partial charge < -0.3 is 15.1 Å². The fourth-order valence-electron chi connectivity index (χ4n) is 2.85. The Morgan fingerprint density at radius 2 is 1.85 bits per heavy atom. The predicted molar refractivity (Wildman–Crippen MR) is 110 cm³/mol. The largest absolute Gasteiger partial charge is 0.368 e. The third-order valence-electron chi connectivity index (χ3n) is 4.29. The van der Waals surface area contributed by atoms with Crippen molar-refractivity contribution >= 4 is 46.3 Å². The molecule has 2 amide bonds. The van der Waals surface area contributed by atoms with Crippen LogP contribution in [0.5, 0.6) is 0 Å². The summed E-state index contributed by atoms with van der Waals surface area (Å²) in [7, 11) is 0. The second kappa shape index (κ2) is 9.18. The molecule has 27 heavy (non-hydrogen) atoms. The molecular formula is C18H23N5O2S2. The van der Waals surface area contributed by atoms with E-state index in [-0.39, 0.29) is 11.8 Å². The molecule has 1 saturated heterocycles. The number of rotatable bonds is 6. The number of aromatic nitrogens is 2. The summed E-state index contributed by atoms with van der Waals surface area (Å²) in [5.41, 5.74) is 1.88. The SMILES string of the molecule is CCC(=O)N1CCN(c2ccc(NC(=O)CSc3nnc(C)s3)cc2)CC1. The van der Waals surface area contributed by atoms with Gasteiger partial charge in [0.05, 0.1) is 5.75 Å². The number of carbonyl (C=O) groups is 2. The van der Waals surface area contributed by atoms with Gasteiger partial charge in [-0.1, -0.05) is 30.0 Å². The van der Waals surface area contributed by atoms with Gasteiger partial charge >= 0.3 is 0 Å². The van der Waals surface area contributed by atoms with Gasteiger partial charge in [0.25, 0.3) is 0 Å². The third-order valence-corrected chi connectivity index (χ3v) is 6.26. The van der Waals surface area contributed by atoms with Crippen LogP contribution >= 0.6 is 23.1 Å². The highest BCUT2D eigenvalue weighted by atomic mass is 32.2. The van der Waals surface area contributed by atoms with Crippen molar-refractivity contribution in [2.45, 2.75) is 24.6 Å². The average molecular weight is 406 g/mol. The Morgan fingerprint density at radius 3 is 2.44 bits per heavy atom. The molecule has 0 spiro atoms. The fourth-order valence-corrected chi connectivity index (χ4v) is 4.47. The molecule has 1 fully saturated rings. The first-order chi connectivity index (χ1) is 13.0. The van der Waals surface area contributed by atoms with Crippen LogP contribution in [0, 0.1) is 6.92 Å². The van der Waals surface area contributed by atoms with E-state index in [1.807, 2.05) is 43.0 Å². The maximum Gasteiger partial charge on any atom is 0.234 e. The van der Waals surface area contributed by atoms with Gasteiger partial charge in [0.2, 0.25) is 11.8 Å². The summed E-state index contributed by atoms with van der Waals surface area (Å²) in [6, 6.07) is 7.84. The molecule has 0 unspecified atom stereocenters. The average Bonchev–Trinajstić information content (AvgIpc) is 3.12. The number of hydrogen-bond donors (Lipinski definition) is 1. The Bertz CT molecular complexity index is 785. The van der Waals surface area contributed by atoms with Crippen molar-refractivity contribution in [1.29, 1.82) is 0 Å². The van der Waals surface area contributed by atoms with Crippen molar-refractivity contribution in [1.82, 2.24) is 15.1 Å². The van der Waals surface area contributed by atoms with E-state index in [2.05, 4.69) is 20.4 Å².